The predicted octanol–water partition coefficient (Wildman–Crippen LogP) is 1.66. The summed E-state index contributed by atoms with van der Waals surface area (Å²) < 4.78 is 11.1. The topological polar surface area (TPSA) is 69.4 Å². The van der Waals surface area contributed by atoms with Crippen LogP contribution in [0.1, 0.15) is 16.6 Å². The molecule has 1 atom stereocenters. The zero-order valence-corrected chi connectivity index (χ0v) is 11.2. The minimum absolute atomic E-state index is 0.0157. The first-order chi connectivity index (χ1) is 9.36. The lowest BCUT2D eigenvalue weighted by Crippen LogP contribution is -2.29. The molecule has 1 unspecified atom stereocenters. The lowest BCUT2D eigenvalue weighted by molar-refractivity contribution is 0.171. The molecule has 19 heavy (non-hydrogen) atoms. The average Bonchev–Trinajstić information content (AvgIpc) is 2.97. The summed E-state index contributed by atoms with van der Waals surface area (Å²) in [5.74, 6) is 7.22. The lowest BCUT2D eigenvalue weighted by atomic mass is 10.0. The number of rotatable bonds is 4. The molecule has 3 N–H and O–H groups in total. The molecule has 100 valence electrons. The van der Waals surface area contributed by atoms with Crippen molar-refractivity contribution in [2.75, 3.05) is 13.2 Å². The standard InChI is InChI=1S/C13H15N3O2S/c14-16-10(8-13-15-3-6-19-13)9-1-2-11-12(7-9)18-5-4-17-11/h1-3,6-7,10,16H,4-5,8,14H2. The molecule has 3 rings (SSSR count). The number of nitrogens with one attached hydrogen (secondary N) is 1. The van der Waals surface area contributed by atoms with Gasteiger partial charge < -0.3 is 9.47 Å². The zero-order valence-electron chi connectivity index (χ0n) is 10.3. The number of fused-ring (bicyclic) bond motifs is 1. The monoisotopic (exact) mass is 277 g/mol. The van der Waals surface area contributed by atoms with E-state index in [1.54, 1.807) is 17.5 Å². The Hall–Kier alpha value is -1.63. The van der Waals surface area contributed by atoms with Crippen LogP contribution < -0.4 is 20.7 Å². The van der Waals surface area contributed by atoms with Crippen LogP contribution in [0.2, 0.25) is 0 Å². The van der Waals surface area contributed by atoms with Gasteiger partial charge in [-0.3, -0.25) is 11.3 Å². The fraction of sp³-hybridized carbons (Fsp3) is 0.308. The van der Waals surface area contributed by atoms with Gasteiger partial charge in [-0.25, -0.2) is 4.98 Å². The third kappa shape index (κ3) is 2.70. The second-order valence-corrected chi connectivity index (χ2v) is 5.23. The quantitative estimate of drug-likeness (QED) is 0.657. The fourth-order valence-electron chi connectivity index (χ4n) is 2.08. The van der Waals surface area contributed by atoms with E-state index in [0.717, 1.165) is 28.5 Å². The molecule has 0 spiro atoms. The first-order valence-corrected chi connectivity index (χ1v) is 6.99. The lowest BCUT2D eigenvalue weighted by Gasteiger charge is -2.21. The Morgan fingerprint density at radius 2 is 2.16 bits per heavy atom. The summed E-state index contributed by atoms with van der Waals surface area (Å²) in [7, 11) is 0. The van der Waals surface area contributed by atoms with Crippen LogP contribution in [0.3, 0.4) is 0 Å². The smallest absolute Gasteiger partial charge is 0.161 e. The van der Waals surface area contributed by atoms with Crippen LogP contribution in [-0.4, -0.2) is 18.2 Å². The summed E-state index contributed by atoms with van der Waals surface area (Å²) in [6.45, 7) is 1.19. The molecule has 2 aromatic rings. The highest BCUT2D eigenvalue weighted by Crippen LogP contribution is 2.33. The number of ether oxygens (including phenoxy) is 2. The molecular weight excluding hydrogens is 262 g/mol. The van der Waals surface area contributed by atoms with Gasteiger partial charge in [0.25, 0.3) is 0 Å². The van der Waals surface area contributed by atoms with Gasteiger partial charge in [0, 0.05) is 18.0 Å². The van der Waals surface area contributed by atoms with Gasteiger partial charge in [-0.15, -0.1) is 11.3 Å². The van der Waals surface area contributed by atoms with Crippen molar-refractivity contribution in [3.05, 3.63) is 40.3 Å². The molecular formula is C13H15N3O2S. The molecule has 1 aromatic carbocycles. The van der Waals surface area contributed by atoms with Crippen molar-refractivity contribution in [3.8, 4) is 11.5 Å². The minimum Gasteiger partial charge on any atom is -0.486 e. The second-order valence-electron chi connectivity index (χ2n) is 4.25. The highest BCUT2D eigenvalue weighted by atomic mass is 32.1. The van der Waals surface area contributed by atoms with E-state index in [9.17, 15) is 0 Å². The van der Waals surface area contributed by atoms with Crippen molar-refractivity contribution < 1.29 is 9.47 Å². The number of aromatic nitrogens is 1. The molecule has 5 nitrogen and oxygen atoms in total. The zero-order chi connectivity index (χ0) is 13.1. The van der Waals surface area contributed by atoms with Gasteiger partial charge in [0.05, 0.1) is 11.0 Å². The van der Waals surface area contributed by atoms with E-state index < -0.39 is 0 Å². The average molecular weight is 277 g/mol. The van der Waals surface area contributed by atoms with E-state index >= 15 is 0 Å². The number of hydrogen-bond donors (Lipinski definition) is 2. The number of hydrogen-bond acceptors (Lipinski definition) is 6. The van der Waals surface area contributed by atoms with Crippen LogP contribution in [0.4, 0.5) is 0 Å². The predicted molar refractivity (Wildman–Crippen MR) is 73.3 cm³/mol. The first-order valence-electron chi connectivity index (χ1n) is 6.11. The number of nitrogens with two attached hydrogens (primary N) is 1. The van der Waals surface area contributed by atoms with Crippen LogP contribution >= 0.6 is 11.3 Å². The number of benzene rings is 1. The van der Waals surface area contributed by atoms with Crippen molar-refractivity contribution in [2.45, 2.75) is 12.5 Å². The molecule has 0 saturated carbocycles. The van der Waals surface area contributed by atoms with Gasteiger partial charge in [0.2, 0.25) is 0 Å². The van der Waals surface area contributed by atoms with Crippen molar-refractivity contribution in [1.29, 1.82) is 0 Å². The van der Waals surface area contributed by atoms with Crippen LogP contribution in [0.15, 0.2) is 29.8 Å². The maximum atomic E-state index is 5.65. The van der Waals surface area contributed by atoms with Gasteiger partial charge in [0.15, 0.2) is 11.5 Å². The molecule has 0 amide bonds. The molecule has 0 bridgehead atoms. The van der Waals surface area contributed by atoms with Gasteiger partial charge >= 0.3 is 0 Å². The molecule has 0 saturated heterocycles. The Morgan fingerprint density at radius 1 is 1.32 bits per heavy atom. The summed E-state index contributed by atoms with van der Waals surface area (Å²) in [6.07, 6.45) is 2.56. The largest absolute Gasteiger partial charge is 0.486 e. The number of nitrogens with zero attached hydrogens (tertiary/aromatic N) is 1. The normalized spacial score (nSPS) is 15.2. The Labute approximate surface area is 115 Å². The van der Waals surface area contributed by atoms with E-state index in [4.69, 9.17) is 15.3 Å². The summed E-state index contributed by atoms with van der Waals surface area (Å²) in [6, 6.07) is 5.93. The van der Waals surface area contributed by atoms with Crippen LogP contribution in [0.25, 0.3) is 0 Å². The minimum atomic E-state index is 0.0157. The summed E-state index contributed by atoms with van der Waals surface area (Å²) in [5, 5.41) is 3.02. The third-order valence-corrected chi connectivity index (χ3v) is 3.83. The van der Waals surface area contributed by atoms with Crippen molar-refractivity contribution >= 4 is 11.3 Å². The van der Waals surface area contributed by atoms with E-state index in [0.29, 0.717) is 13.2 Å². The molecule has 1 aromatic heterocycles. The van der Waals surface area contributed by atoms with Gasteiger partial charge in [0.1, 0.15) is 13.2 Å². The van der Waals surface area contributed by atoms with Crippen molar-refractivity contribution in [2.24, 2.45) is 5.84 Å². The third-order valence-electron chi connectivity index (χ3n) is 3.03. The van der Waals surface area contributed by atoms with Crippen LogP contribution in [0, 0.1) is 0 Å². The highest BCUT2D eigenvalue weighted by molar-refractivity contribution is 7.09. The molecule has 0 aliphatic carbocycles. The highest BCUT2D eigenvalue weighted by Gasteiger charge is 2.17. The molecule has 1 aliphatic rings. The van der Waals surface area contributed by atoms with Gasteiger partial charge in [-0.1, -0.05) is 6.07 Å². The van der Waals surface area contributed by atoms with Crippen LogP contribution in [0.5, 0.6) is 11.5 Å². The molecule has 6 heteroatoms. The van der Waals surface area contributed by atoms with E-state index in [1.807, 2.05) is 23.6 Å². The summed E-state index contributed by atoms with van der Waals surface area (Å²) >= 11 is 1.63. The molecule has 1 aliphatic heterocycles. The number of thiazole rings is 1. The van der Waals surface area contributed by atoms with Crippen molar-refractivity contribution in [1.82, 2.24) is 10.4 Å². The first kappa shape index (κ1) is 12.4. The van der Waals surface area contributed by atoms with Gasteiger partial charge in [-0.05, 0) is 17.7 Å². The maximum Gasteiger partial charge on any atom is 0.161 e. The molecule has 0 fully saturated rings. The Morgan fingerprint density at radius 3 is 2.89 bits per heavy atom. The molecule has 0 radical (unpaired) electrons. The summed E-state index contributed by atoms with van der Waals surface area (Å²) in [4.78, 5) is 4.28. The Bertz CT molecular complexity index is 545. The second kappa shape index (κ2) is 5.56. The Balaban J connectivity index is 1.82. The maximum absolute atomic E-state index is 5.65. The van der Waals surface area contributed by atoms with Crippen molar-refractivity contribution in [3.63, 3.8) is 0 Å². The SMILES string of the molecule is NNC(Cc1nccs1)c1ccc2c(c1)OCCO2. The van der Waals surface area contributed by atoms with E-state index in [2.05, 4.69) is 10.4 Å². The Kier molecular flexibility index (Phi) is 3.63. The van der Waals surface area contributed by atoms with E-state index in [-0.39, 0.29) is 6.04 Å². The molecule has 2 heterocycles. The summed E-state index contributed by atoms with van der Waals surface area (Å²) in [5.41, 5.74) is 3.90. The van der Waals surface area contributed by atoms with Crippen LogP contribution in [-0.2, 0) is 6.42 Å². The van der Waals surface area contributed by atoms with Gasteiger partial charge in [-0.2, -0.15) is 0 Å². The van der Waals surface area contributed by atoms with E-state index in [1.165, 1.54) is 0 Å². The fourth-order valence-corrected chi connectivity index (χ4v) is 2.74. The number of hydrazine groups is 1.